The van der Waals surface area contributed by atoms with Gasteiger partial charge in [0.1, 0.15) is 11.3 Å². The van der Waals surface area contributed by atoms with Crippen molar-refractivity contribution in [3.05, 3.63) is 62.6 Å². The van der Waals surface area contributed by atoms with Gasteiger partial charge < -0.3 is 10.3 Å². The second-order valence-corrected chi connectivity index (χ2v) is 6.26. The van der Waals surface area contributed by atoms with Crippen molar-refractivity contribution in [1.82, 2.24) is 20.2 Å². The number of hydrogen-bond donors (Lipinski definition) is 3. The molecule has 3 aromatic rings. The number of hydrogen-bond acceptors (Lipinski definition) is 7. The summed E-state index contributed by atoms with van der Waals surface area (Å²) in [6.07, 6.45) is 1.46. The van der Waals surface area contributed by atoms with Crippen molar-refractivity contribution in [2.75, 3.05) is 10.6 Å². The Kier molecular flexibility index (Phi) is 4.85. The molecule has 3 aromatic heterocycles. The summed E-state index contributed by atoms with van der Waals surface area (Å²) in [5.41, 5.74) is 4.24. The van der Waals surface area contributed by atoms with E-state index in [0.29, 0.717) is 28.6 Å². The van der Waals surface area contributed by atoms with Crippen molar-refractivity contribution < 1.29 is 4.79 Å². The Hall–Kier alpha value is -3.07. The summed E-state index contributed by atoms with van der Waals surface area (Å²) < 4.78 is 0. The average Bonchev–Trinajstić information content (AvgIpc) is 3.07. The highest BCUT2D eigenvalue weighted by atomic mass is 32.1. The molecule has 0 bridgehead atoms. The number of rotatable bonds is 5. The maximum atomic E-state index is 12.0. The molecule has 0 aliphatic heterocycles. The van der Waals surface area contributed by atoms with Crippen molar-refractivity contribution >= 4 is 28.2 Å². The van der Waals surface area contributed by atoms with Gasteiger partial charge in [-0.25, -0.2) is 4.98 Å². The van der Waals surface area contributed by atoms with Gasteiger partial charge in [0.05, 0.1) is 5.56 Å². The van der Waals surface area contributed by atoms with E-state index in [1.54, 1.807) is 12.1 Å². The number of amides is 1. The van der Waals surface area contributed by atoms with Crippen molar-refractivity contribution in [2.24, 2.45) is 0 Å². The first-order valence-corrected chi connectivity index (χ1v) is 8.38. The number of aromatic amines is 1. The van der Waals surface area contributed by atoms with Gasteiger partial charge >= 0.3 is 0 Å². The molecular weight excluding hydrogens is 340 g/mol. The number of carbonyl (C=O) groups is 1. The van der Waals surface area contributed by atoms with Gasteiger partial charge in [0, 0.05) is 24.0 Å². The highest BCUT2D eigenvalue weighted by Crippen LogP contribution is 2.12. The third-order valence-electron chi connectivity index (χ3n) is 3.55. The zero-order chi connectivity index (χ0) is 17.8. The van der Waals surface area contributed by atoms with Gasteiger partial charge in [-0.1, -0.05) is 11.3 Å². The molecule has 1 amide bonds. The van der Waals surface area contributed by atoms with Gasteiger partial charge in [-0.15, -0.1) is 10.2 Å². The standard InChI is InChI=1S/C16H16N6O2S/c1-9-5-10(2)20-15(24)12(9)7-18-13-4-3-11(6-17-13)14(23)21-16-22-19-8-25-16/h3-6,8H,7H2,1-2H3,(H,17,18)(H,20,24)(H,21,22,23). The number of nitrogens with one attached hydrogen (secondary N) is 3. The topological polar surface area (TPSA) is 113 Å². The van der Waals surface area contributed by atoms with Crippen LogP contribution in [0.1, 0.15) is 27.2 Å². The zero-order valence-electron chi connectivity index (χ0n) is 13.7. The molecular formula is C16H16N6O2S. The van der Waals surface area contributed by atoms with Crippen LogP contribution in [0.5, 0.6) is 0 Å². The second kappa shape index (κ2) is 7.22. The second-order valence-electron chi connectivity index (χ2n) is 5.43. The third kappa shape index (κ3) is 4.07. The Labute approximate surface area is 147 Å². The quantitative estimate of drug-likeness (QED) is 0.645. The molecule has 0 aliphatic rings. The van der Waals surface area contributed by atoms with Gasteiger partial charge in [-0.3, -0.25) is 14.9 Å². The number of H-pyrrole nitrogens is 1. The summed E-state index contributed by atoms with van der Waals surface area (Å²) >= 11 is 1.24. The molecule has 128 valence electrons. The van der Waals surface area contributed by atoms with Crippen LogP contribution in [0.2, 0.25) is 0 Å². The van der Waals surface area contributed by atoms with E-state index >= 15 is 0 Å². The van der Waals surface area contributed by atoms with E-state index in [0.717, 1.165) is 11.3 Å². The van der Waals surface area contributed by atoms with E-state index in [-0.39, 0.29) is 11.5 Å². The van der Waals surface area contributed by atoms with Crippen LogP contribution in [0.3, 0.4) is 0 Å². The van der Waals surface area contributed by atoms with Gasteiger partial charge in [-0.05, 0) is 37.6 Å². The average molecular weight is 356 g/mol. The van der Waals surface area contributed by atoms with Crippen LogP contribution in [0.4, 0.5) is 10.9 Å². The number of anilines is 2. The predicted octanol–water partition coefficient (Wildman–Crippen LogP) is 2.10. The molecule has 0 aliphatic carbocycles. The molecule has 0 saturated heterocycles. The first kappa shape index (κ1) is 16.8. The lowest BCUT2D eigenvalue weighted by Crippen LogP contribution is -2.19. The molecule has 0 spiro atoms. The fraction of sp³-hybridized carbons (Fsp3) is 0.188. The summed E-state index contributed by atoms with van der Waals surface area (Å²) in [6.45, 7) is 4.09. The number of nitrogens with zero attached hydrogens (tertiary/aromatic N) is 3. The molecule has 25 heavy (non-hydrogen) atoms. The minimum Gasteiger partial charge on any atom is -0.366 e. The van der Waals surface area contributed by atoms with Gasteiger partial charge in [-0.2, -0.15) is 0 Å². The molecule has 3 heterocycles. The van der Waals surface area contributed by atoms with Crippen molar-refractivity contribution in [3.8, 4) is 0 Å². The molecule has 0 fully saturated rings. The Morgan fingerprint density at radius 2 is 2.16 bits per heavy atom. The van der Waals surface area contributed by atoms with E-state index in [9.17, 15) is 9.59 Å². The van der Waals surface area contributed by atoms with Crippen LogP contribution in [0.15, 0.2) is 34.7 Å². The molecule has 0 saturated carbocycles. The minimum absolute atomic E-state index is 0.113. The van der Waals surface area contributed by atoms with Crippen LogP contribution in [-0.4, -0.2) is 26.1 Å². The fourth-order valence-corrected chi connectivity index (χ4v) is 2.75. The van der Waals surface area contributed by atoms with Crippen LogP contribution in [0.25, 0.3) is 0 Å². The van der Waals surface area contributed by atoms with Crippen molar-refractivity contribution in [2.45, 2.75) is 20.4 Å². The molecule has 8 nitrogen and oxygen atoms in total. The maximum absolute atomic E-state index is 12.0. The molecule has 9 heteroatoms. The first-order chi connectivity index (χ1) is 12.0. The smallest absolute Gasteiger partial charge is 0.259 e. The number of carbonyl (C=O) groups excluding carboxylic acids is 1. The maximum Gasteiger partial charge on any atom is 0.259 e. The lowest BCUT2D eigenvalue weighted by Gasteiger charge is -2.09. The SMILES string of the molecule is Cc1cc(C)c(CNc2ccc(C(=O)Nc3nncs3)cn2)c(=O)[nH]1. The van der Waals surface area contributed by atoms with Crippen molar-refractivity contribution in [1.29, 1.82) is 0 Å². The summed E-state index contributed by atoms with van der Waals surface area (Å²) in [7, 11) is 0. The largest absolute Gasteiger partial charge is 0.366 e. The summed E-state index contributed by atoms with van der Waals surface area (Å²) in [4.78, 5) is 31.0. The van der Waals surface area contributed by atoms with Crippen LogP contribution in [-0.2, 0) is 6.54 Å². The minimum atomic E-state index is -0.304. The molecule has 3 N–H and O–H groups in total. The molecule has 0 atom stereocenters. The first-order valence-electron chi connectivity index (χ1n) is 7.50. The Morgan fingerprint density at radius 1 is 1.32 bits per heavy atom. The summed E-state index contributed by atoms with van der Waals surface area (Å²) in [6, 6.07) is 5.26. The zero-order valence-corrected chi connectivity index (χ0v) is 14.5. The van der Waals surface area contributed by atoms with Gasteiger partial charge in [0.2, 0.25) is 5.13 Å². The lowest BCUT2D eigenvalue weighted by atomic mass is 10.1. The fourth-order valence-electron chi connectivity index (χ4n) is 2.31. The Bertz CT molecular complexity index is 934. The van der Waals surface area contributed by atoms with Gasteiger partial charge in [0.25, 0.3) is 11.5 Å². The molecule has 0 unspecified atom stereocenters. The normalized spacial score (nSPS) is 10.5. The predicted molar refractivity (Wildman–Crippen MR) is 96.0 cm³/mol. The number of pyridine rings is 2. The highest BCUT2D eigenvalue weighted by Gasteiger charge is 2.09. The van der Waals surface area contributed by atoms with Crippen LogP contribution < -0.4 is 16.2 Å². The van der Waals surface area contributed by atoms with E-state index in [1.165, 1.54) is 23.0 Å². The number of aryl methyl sites for hydroxylation is 2. The molecule has 3 rings (SSSR count). The van der Waals surface area contributed by atoms with Crippen molar-refractivity contribution in [3.63, 3.8) is 0 Å². The number of aromatic nitrogens is 4. The third-order valence-corrected chi connectivity index (χ3v) is 4.15. The van der Waals surface area contributed by atoms with E-state index in [1.807, 2.05) is 19.9 Å². The summed E-state index contributed by atoms with van der Waals surface area (Å²) in [5, 5.41) is 13.6. The molecule has 0 radical (unpaired) electrons. The van der Waals surface area contributed by atoms with E-state index in [4.69, 9.17) is 0 Å². The highest BCUT2D eigenvalue weighted by molar-refractivity contribution is 7.13. The van der Waals surface area contributed by atoms with Gasteiger partial charge in [0.15, 0.2) is 0 Å². The van der Waals surface area contributed by atoms with Crippen LogP contribution in [0, 0.1) is 13.8 Å². The van der Waals surface area contributed by atoms with Crippen LogP contribution >= 0.6 is 11.3 Å². The Balaban J connectivity index is 1.65. The van der Waals surface area contributed by atoms with E-state index in [2.05, 4.69) is 30.8 Å². The summed E-state index contributed by atoms with van der Waals surface area (Å²) in [5.74, 6) is 0.272. The van der Waals surface area contributed by atoms with E-state index < -0.39 is 0 Å². The molecule has 0 aromatic carbocycles. The monoisotopic (exact) mass is 356 g/mol. The Morgan fingerprint density at radius 3 is 2.80 bits per heavy atom. The lowest BCUT2D eigenvalue weighted by molar-refractivity contribution is 0.102.